The second-order valence-corrected chi connectivity index (χ2v) is 8.00. The van der Waals surface area contributed by atoms with Crippen LogP contribution in [-0.2, 0) is 4.79 Å². The predicted octanol–water partition coefficient (Wildman–Crippen LogP) is 5.49. The molecule has 36 heavy (non-hydrogen) atoms. The number of esters is 1. The number of rotatable bonds is 11. The summed E-state index contributed by atoms with van der Waals surface area (Å²) in [7, 11) is 0. The van der Waals surface area contributed by atoms with Gasteiger partial charge in [-0.15, -0.1) is 0 Å². The van der Waals surface area contributed by atoms with Crippen molar-refractivity contribution in [3.63, 3.8) is 0 Å². The molecule has 188 valence electrons. The van der Waals surface area contributed by atoms with Crippen LogP contribution >= 0.6 is 0 Å². The summed E-state index contributed by atoms with van der Waals surface area (Å²) in [5.41, 5.74) is 4.46. The van der Waals surface area contributed by atoms with E-state index in [9.17, 15) is 14.0 Å². The van der Waals surface area contributed by atoms with Crippen LogP contribution in [0.4, 0.5) is 4.39 Å². The first-order valence-corrected chi connectivity index (χ1v) is 11.7. The largest absolute Gasteiger partial charge is 0.490 e. The van der Waals surface area contributed by atoms with Gasteiger partial charge in [0.05, 0.1) is 18.4 Å². The second-order valence-electron chi connectivity index (χ2n) is 8.00. The summed E-state index contributed by atoms with van der Waals surface area (Å²) in [5, 5.41) is 3.95. The summed E-state index contributed by atoms with van der Waals surface area (Å²) in [5.74, 6) is 0.113. The summed E-state index contributed by atoms with van der Waals surface area (Å²) in [6.45, 7) is 6.25. The van der Waals surface area contributed by atoms with Crippen molar-refractivity contribution in [2.75, 3.05) is 13.2 Å². The average Bonchev–Trinajstić information content (AvgIpc) is 2.89. The van der Waals surface area contributed by atoms with Gasteiger partial charge < -0.3 is 14.2 Å². The number of hydrogen-bond acceptors (Lipinski definition) is 6. The van der Waals surface area contributed by atoms with Crippen LogP contribution in [0.1, 0.15) is 54.6 Å². The van der Waals surface area contributed by atoms with Gasteiger partial charge in [0, 0.05) is 0 Å². The highest BCUT2D eigenvalue weighted by atomic mass is 19.1. The molecule has 1 N–H and O–H groups in total. The van der Waals surface area contributed by atoms with Gasteiger partial charge >= 0.3 is 5.97 Å². The molecular weight excluding hydrogens is 463 g/mol. The Morgan fingerprint density at radius 3 is 2.36 bits per heavy atom. The molecule has 7 nitrogen and oxygen atoms in total. The number of carbonyl (C=O) groups excluding carboxylic acids is 2. The van der Waals surface area contributed by atoms with E-state index in [1.165, 1.54) is 36.0 Å². The lowest BCUT2D eigenvalue weighted by atomic mass is 9.99. The molecule has 0 radical (unpaired) electrons. The van der Waals surface area contributed by atoms with Gasteiger partial charge in [-0.25, -0.2) is 14.6 Å². The maximum Gasteiger partial charge on any atom is 0.343 e. The molecule has 3 aromatic carbocycles. The van der Waals surface area contributed by atoms with Crippen molar-refractivity contribution in [1.29, 1.82) is 0 Å². The molecule has 0 bridgehead atoms. The van der Waals surface area contributed by atoms with Crippen molar-refractivity contribution < 1.29 is 28.2 Å². The van der Waals surface area contributed by atoms with Crippen LogP contribution in [0.25, 0.3) is 0 Å². The zero-order valence-electron chi connectivity index (χ0n) is 20.5. The summed E-state index contributed by atoms with van der Waals surface area (Å²) in [6, 6.07) is 17.6. The average molecular weight is 493 g/mol. The molecule has 0 aliphatic heterocycles. The fourth-order valence-corrected chi connectivity index (χ4v) is 3.19. The molecule has 0 aliphatic carbocycles. The molecule has 0 heterocycles. The normalized spacial score (nSPS) is 11.7. The Hall–Kier alpha value is -4.20. The van der Waals surface area contributed by atoms with E-state index < -0.39 is 17.7 Å². The quantitative estimate of drug-likeness (QED) is 0.166. The van der Waals surface area contributed by atoms with E-state index in [1.807, 2.05) is 24.3 Å². The third-order valence-corrected chi connectivity index (χ3v) is 5.38. The van der Waals surface area contributed by atoms with Crippen LogP contribution in [0.5, 0.6) is 17.2 Å². The van der Waals surface area contributed by atoms with E-state index in [-0.39, 0.29) is 17.9 Å². The maximum absolute atomic E-state index is 13.1. The molecule has 0 aromatic heterocycles. The van der Waals surface area contributed by atoms with E-state index in [0.29, 0.717) is 29.6 Å². The summed E-state index contributed by atoms with van der Waals surface area (Å²) in [4.78, 5) is 24.4. The monoisotopic (exact) mass is 492 g/mol. The van der Waals surface area contributed by atoms with Crippen molar-refractivity contribution in [3.05, 3.63) is 89.2 Å². The number of carbonyl (C=O) groups is 2. The number of nitrogens with zero attached hydrogens (tertiary/aromatic N) is 1. The number of hydrazone groups is 1. The molecule has 1 amide bonds. The molecule has 0 fully saturated rings. The molecule has 3 aromatic rings. The van der Waals surface area contributed by atoms with Crippen molar-refractivity contribution in [3.8, 4) is 17.2 Å². The molecule has 0 unspecified atom stereocenters. The molecular formula is C28H29FN2O5. The lowest BCUT2D eigenvalue weighted by Crippen LogP contribution is -2.24. The fraction of sp³-hybridized carbons (Fsp3) is 0.250. The van der Waals surface area contributed by atoms with Crippen LogP contribution in [-0.4, -0.2) is 31.3 Å². The first-order chi connectivity index (χ1) is 17.4. The Kier molecular flexibility index (Phi) is 9.56. The summed E-state index contributed by atoms with van der Waals surface area (Å²) in [6.07, 6.45) is 2.49. The standard InChI is InChI=1S/C28H29FN2O5/c1-4-19(3)21-9-13-24(14-10-21)35-18-27(32)31-30-17-20-6-15-25(26(16-20)34-5-2)36-28(33)22-7-11-23(29)12-8-22/h6-17,19H,4-5,18H2,1-3H3,(H,31,32)/b30-17-/t19-/m0/s1. The van der Waals surface area contributed by atoms with Gasteiger partial charge in [-0.2, -0.15) is 5.10 Å². The van der Waals surface area contributed by atoms with Crippen LogP contribution in [0.15, 0.2) is 71.8 Å². The molecule has 0 aliphatic rings. The second kappa shape index (κ2) is 13.0. The molecule has 0 spiro atoms. The zero-order chi connectivity index (χ0) is 25.9. The lowest BCUT2D eigenvalue weighted by Gasteiger charge is -2.11. The Morgan fingerprint density at radius 2 is 1.69 bits per heavy atom. The number of amides is 1. The van der Waals surface area contributed by atoms with Gasteiger partial charge in [0.1, 0.15) is 11.6 Å². The van der Waals surface area contributed by atoms with Crippen LogP contribution < -0.4 is 19.6 Å². The highest BCUT2D eigenvalue weighted by Gasteiger charge is 2.13. The molecule has 3 rings (SSSR count). The van der Waals surface area contributed by atoms with Crippen molar-refractivity contribution >= 4 is 18.1 Å². The lowest BCUT2D eigenvalue weighted by molar-refractivity contribution is -0.123. The summed E-state index contributed by atoms with van der Waals surface area (Å²) >= 11 is 0. The van der Waals surface area contributed by atoms with E-state index in [0.717, 1.165) is 6.42 Å². The van der Waals surface area contributed by atoms with Crippen LogP contribution in [0.3, 0.4) is 0 Å². The number of hydrogen-bond donors (Lipinski definition) is 1. The minimum Gasteiger partial charge on any atom is -0.490 e. The first-order valence-electron chi connectivity index (χ1n) is 11.7. The van der Waals surface area contributed by atoms with E-state index >= 15 is 0 Å². The minimum atomic E-state index is -0.640. The number of benzene rings is 3. The number of ether oxygens (including phenoxy) is 3. The third kappa shape index (κ3) is 7.66. The first kappa shape index (κ1) is 26.4. The highest BCUT2D eigenvalue weighted by molar-refractivity contribution is 5.91. The van der Waals surface area contributed by atoms with E-state index in [4.69, 9.17) is 14.2 Å². The predicted molar refractivity (Wildman–Crippen MR) is 135 cm³/mol. The van der Waals surface area contributed by atoms with Gasteiger partial charge in [-0.1, -0.05) is 26.0 Å². The SMILES string of the molecule is CCOc1cc(/C=N\NC(=O)COc2ccc([C@@H](C)CC)cc2)ccc1OC(=O)c1ccc(F)cc1. The molecule has 0 saturated carbocycles. The summed E-state index contributed by atoms with van der Waals surface area (Å²) < 4.78 is 29.6. The third-order valence-electron chi connectivity index (χ3n) is 5.38. The molecule has 1 atom stereocenters. The molecule has 0 saturated heterocycles. The Morgan fingerprint density at radius 1 is 0.972 bits per heavy atom. The minimum absolute atomic E-state index is 0.178. The number of nitrogens with one attached hydrogen (secondary N) is 1. The van der Waals surface area contributed by atoms with Gasteiger partial charge in [-0.05, 0) is 85.0 Å². The van der Waals surface area contributed by atoms with Gasteiger partial charge in [0.25, 0.3) is 5.91 Å². The van der Waals surface area contributed by atoms with Gasteiger partial charge in [0.15, 0.2) is 18.1 Å². The van der Waals surface area contributed by atoms with Crippen LogP contribution in [0.2, 0.25) is 0 Å². The Balaban J connectivity index is 1.55. The zero-order valence-corrected chi connectivity index (χ0v) is 20.5. The highest BCUT2D eigenvalue weighted by Crippen LogP contribution is 2.29. The van der Waals surface area contributed by atoms with Crippen molar-refractivity contribution in [2.45, 2.75) is 33.1 Å². The van der Waals surface area contributed by atoms with Crippen LogP contribution in [0, 0.1) is 5.82 Å². The maximum atomic E-state index is 13.1. The smallest absolute Gasteiger partial charge is 0.343 e. The fourth-order valence-electron chi connectivity index (χ4n) is 3.19. The Labute approximate surface area is 209 Å². The number of halogens is 1. The molecule has 8 heteroatoms. The van der Waals surface area contributed by atoms with Gasteiger partial charge in [-0.3, -0.25) is 4.79 Å². The van der Waals surface area contributed by atoms with E-state index in [2.05, 4.69) is 24.4 Å². The van der Waals surface area contributed by atoms with Gasteiger partial charge in [0.2, 0.25) is 0 Å². The van der Waals surface area contributed by atoms with Crippen molar-refractivity contribution in [2.24, 2.45) is 5.10 Å². The van der Waals surface area contributed by atoms with E-state index in [1.54, 1.807) is 25.1 Å². The Bertz CT molecular complexity index is 1190. The topological polar surface area (TPSA) is 86.2 Å². The van der Waals surface area contributed by atoms with Crippen molar-refractivity contribution in [1.82, 2.24) is 5.43 Å².